The molecule has 31 heavy (non-hydrogen) atoms. The second-order valence-electron chi connectivity index (χ2n) is 6.71. The van der Waals surface area contributed by atoms with Crippen LogP contribution in [-0.4, -0.2) is 24.7 Å². The second-order valence-corrected chi connectivity index (χ2v) is 8.38. The van der Waals surface area contributed by atoms with Crippen molar-refractivity contribution in [3.63, 3.8) is 0 Å². The predicted molar refractivity (Wildman–Crippen MR) is 128 cm³/mol. The Balaban J connectivity index is 1.37. The first-order valence-electron chi connectivity index (χ1n) is 9.28. The van der Waals surface area contributed by atoms with Gasteiger partial charge in [0.2, 0.25) is 0 Å². The normalized spacial score (nSPS) is 10.8. The molecule has 2 aromatic carbocycles. The van der Waals surface area contributed by atoms with Crippen LogP contribution in [0.4, 0.5) is 15.9 Å². The van der Waals surface area contributed by atoms with Gasteiger partial charge in [0.15, 0.2) is 10.9 Å². The lowest BCUT2D eigenvalue weighted by atomic mass is 10.2. The number of hydrogen-bond acceptors (Lipinski definition) is 3. The van der Waals surface area contributed by atoms with E-state index in [2.05, 4.69) is 36.8 Å². The number of anilines is 2. The molecule has 0 saturated carbocycles. The van der Waals surface area contributed by atoms with Gasteiger partial charge in [0.25, 0.3) is 0 Å². The number of aromatic nitrogens is 4. The van der Waals surface area contributed by atoms with Gasteiger partial charge in [0.1, 0.15) is 5.82 Å². The number of thiocarbonyl (C=S) groups is 1. The average Bonchev–Trinajstić information content (AvgIpc) is 3.31. The van der Waals surface area contributed by atoms with E-state index in [1.165, 1.54) is 6.07 Å². The van der Waals surface area contributed by atoms with Crippen LogP contribution in [0.2, 0.25) is 5.02 Å². The fraction of sp³-hybridized carbons (Fsp3) is 0.0952. The second kappa shape index (κ2) is 9.59. The molecule has 0 spiro atoms. The Labute approximate surface area is 197 Å². The monoisotopic (exact) mass is 518 g/mol. The lowest BCUT2D eigenvalue weighted by molar-refractivity contribution is 0.585. The molecule has 0 unspecified atom stereocenters. The van der Waals surface area contributed by atoms with Gasteiger partial charge in [-0.25, -0.2) is 4.39 Å². The highest BCUT2D eigenvalue weighted by Crippen LogP contribution is 2.23. The predicted octanol–water partition coefficient (Wildman–Crippen LogP) is 5.54. The fourth-order valence-electron chi connectivity index (χ4n) is 2.95. The Kier molecular flexibility index (Phi) is 6.64. The molecule has 0 atom stereocenters. The third kappa shape index (κ3) is 5.49. The molecule has 2 aromatic heterocycles. The number of benzene rings is 2. The van der Waals surface area contributed by atoms with Crippen molar-refractivity contribution in [2.24, 2.45) is 0 Å². The smallest absolute Gasteiger partial charge is 0.176 e. The summed E-state index contributed by atoms with van der Waals surface area (Å²) in [5, 5.41) is 15.9. The first kappa shape index (κ1) is 21.5. The van der Waals surface area contributed by atoms with E-state index in [0.29, 0.717) is 40.3 Å². The van der Waals surface area contributed by atoms with Gasteiger partial charge in [0.05, 0.1) is 29.4 Å². The first-order chi connectivity index (χ1) is 15.0. The van der Waals surface area contributed by atoms with Crippen molar-refractivity contribution in [3.8, 4) is 0 Å². The molecular weight excluding hydrogens is 503 g/mol. The molecule has 0 radical (unpaired) electrons. The Morgan fingerprint density at radius 2 is 1.71 bits per heavy atom. The minimum absolute atomic E-state index is 0.262. The SMILES string of the molecule is Fc1ccccc1Cn1cc(NC(=S)Nc2nn(Cc3ccccc3Cl)cc2Br)cn1. The number of nitrogens with one attached hydrogen (secondary N) is 2. The molecule has 2 N–H and O–H groups in total. The number of nitrogens with zero attached hydrogens (tertiary/aromatic N) is 4. The van der Waals surface area contributed by atoms with Gasteiger partial charge in [-0.15, -0.1) is 0 Å². The minimum Gasteiger partial charge on any atom is -0.330 e. The zero-order valence-electron chi connectivity index (χ0n) is 16.1. The highest BCUT2D eigenvalue weighted by Gasteiger charge is 2.11. The Hall–Kier alpha value is -2.75. The van der Waals surface area contributed by atoms with Crippen LogP contribution in [0.1, 0.15) is 11.1 Å². The first-order valence-corrected chi connectivity index (χ1v) is 10.9. The molecule has 4 aromatic rings. The van der Waals surface area contributed by atoms with E-state index >= 15 is 0 Å². The quantitative estimate of drug-likeness (QED) is 0.328. The molecule has 0 amide bonds. The van der Waals surface area contributed by atoms with Crippen LogP contribution < -0.4 is 10.6 Å². The van der Waals surface area contributed by atoms with Crippen LogP contribution in [0.3, 0.4) is 0 Å². The van der Waals surface area contributed by atoms with Crippen LogP contribution in [0.5, 0.6) is 0 Å². The number of halogens is 3. The van der Waals surface area contributed by atoms with Crippen molar-refractivity contribution < 1.29 is 4.39 Å². The maximum Gasteiger partial charge on any atom is 0.176 e. The molecule has 0 aliphatic carbocycles. The highest BCUT2D eigenvalue weighted by molar-refractivity contribution is 9.10. The molecule has 2 heterocycles. The van der Waals surface area contributed by atoms with Crippen molar-refractivity contribution in [2.45, 2.75) is 13.1 Å². The van der Waals surface area contributed by atoms with Gasteiger partial charge in [-0.05, 0) is 45.8 Å². The van der Waals surface area contributed by atoms with E-state index in [1.807, 2.05) is 30.5 Å². The topological polar surface area (TPSA) is 59.7 Å². The fourth-order valence-corrected chi connectivity index (χ4v) is 3.77. The highest BCUT2D eigenvalue weighted by atomic mass is 79.9. The van der Waals surface area contributed by atoms with Gasteiger partial charge < -0.3 is 10.6 Å². The Bertz CT molecular complexity index is 1220. The third-order valence-corrected chi connectivity index (χ3v) is 5.57. The summed E-state index contributed by atoms with van der Waals surface area (Å²) in [7, 11) is 0. The minimum atomic E-state index is -0.262. The van der Waals surface area contributed by atoms with Crippen LogP contribution >= 0.6 is 39.7 Å². The molecule has 0 bridgehead atoms. The lowest BCUT2D eigenvalue weighted by Crippen LogP contribution is -2.19. The van der Waals surface area contributed by atoms with Crippen molar-refractivity contribution in [1.29, 1.82) is 0 Å². The Morgan fingerprint density at radius 3 is 2.48 bits per heavy atom. The van der Waals surface area contributed by atoms with Crippen molar-refractivity contribution in [1.82, 2.24) is 19.6 Å². The lowest BCUT2D eigenvalue weighted by Gasteiger charge is -2.07. The largest absolute Gasteiger partial charge is 0.330 e. The van der Waals surface area contributed by atoms with Crippen LogP contribution in [-0.2, 0) is 13.1 Å². The summed E-state index contributed by atoms with van der Waals surface area (Å²) in [5.41, 5.74) is 2.21. The molecule has 0 aliphatic rings. The van der Waals surface area contributed by atoms with Gasteiger partial charge in [-0.2, -0.15) is 10.2 Å². The zero-order chi connectivity index (χ0) is 21.8. The Morgan fingerprint density at radius 1 is 1.00 bits per heavy atom. The van der Waals surface area contributed by atoms with Crippen molar-refractivity contribution in [2.75, 3.05) is 10.6 Å². The maximum absolute atomic E-state index is 13.8. The van der Waals surface area contributed by atoms with E-state index < -0.39 is 0 Å². The number of hydrogen-bond donors (Lipinski definition) is 2. The van der Waals surface area contributed by atoms with Gasteiger partial charge in [0, 0.05) is 23.0 Å². The molecular formula is C21H17BrClFN6S. The summed E-state index contributed by atoms with van der Waals surface area (Å²) >= 11 is 15.1. The molecule has 0 saturated heterocycles. The third-order valence-electron chi connectivity index (χ3n) is 4.42. The molecule has 6 nitrogen and oxygen atoms in total. The maximum atomic E-state index is 13.8. The van der Waals surface area contributed by atoms with Crippen LogP contribution in [0, 0.1) is 5.82 Å². The van der Waals surface area contributed by atoms with E-state index in [1.54, 1.807) is 40.0 Å². The summed E-state index contributed by atoms with van der Waals surface area (Å²) in [6.07, 6.45) is 5.23. The molecule has 0 fully saturated rings. The zero-order valence-corrected chi connectivity index (χ0v) is 19.3. The van der Waals surface area contributed by atoms with E-state index in [4.69, 9.17) is 23.8 Å². The standard InChI is InChI=1S/C21H17BrClFN6S/c22-17-13-30(10-14-5-1-3-7-18(14)23)28-20(17)27-21(31)26-16-9-25-29(12-16)11-15-6-2-4-8-19(15)24/h1-9,12-13H,10-11H2,(H2,26,27,28,31). The van der Waals surface area contributed by atoms with E-state index in [9.17, 15) is 4.39 Å². The summed E-state index contributed by atoms with van der Waals surface area (Å²) in [6.45, 7) is 0.857. The van der Waals surface area contributed by atoms with Crippen molar-refractivity contribution in [3.05, 3.63) is 93.6 Å². The molecule has 10 heteroatoms. The van der Waals surface area contributed by atoms with Crippen molar-refractivity contribution >= 4 is 56.4 Å². The summed E-state index contributed by atoms with van der Waals surface area (Å²) in [6, 6.07) is 14.2. The molecule has 0 aliphatic heterocycles. The molecule has 158 valence electrons. The van der Waals surface area contributed by atoms with Gasteiger partial charge in [-0.3, -0.25) is 9.36 Å². The van der Waals surface area contributed by atoms with Crippen LogP contribution in [0.25, 0.3) is 0 Å². The van der Waals surface area contributed by atoms with Gasteiger partial charge in [-0.1, -0.05) is 48.0 Å². The average molecular weight is 520 g/mol. The summed E-state index contributed by atoms with van der Waals surface area (Å²) in [5.74, 6) is 0.310. The molecule has 4 rings (SSSR count). The van der Waals surface area contributed by atoms with Gasteiger partial charge >= 0.3 is 0 Å². The summed E-state index contributed by atoms with van der Waals surface area (Å²) in [4.78, 5) is 0. The van der Waals surface area contributed by atoms with Crippen LogP contribution in [0.15, 0.2) is 71.6 Å². The number of rotatable bonds is 6. The van der Waals surface area contributed by atoms with E-state index in [-0.39, 0.29) is 5.82 Å². The van der Waals surface area contributed by atoms with E-state index in [0.717, 1.165) is 10.0 Å². The summed E-state index contributed by atoms with van der Waals surface area (Å²) < 4.78 is 18.0.